The van der Waals surface area contributed by atoms with Gasteiger partial charge in [-0.3, -0.25) is 4.79 Å². The fourth-order valence-electron chi connectivity index (χ4n) is 3.69. The van der Waals surface area contributed by atoms with Crippen molar-refractivity contribution in [2.24, 2.45) is 4.99 Å². The molecule has 1 saturated heterocycles. The number of hydrogen-bond donors (Lipinski definition) is 1. The first-order valence-electron chi connectivity index (χ1n) is 9.76. The van der Waals surface area contributed by atoms with Crippen LogP contribution >= 0.6 is 11.8 Å². The second-order valence-corrected chi connectivity index (χ2v) is 8.29. The van der Waals surface area contributed by atoms with E-state index in [1.54, 1.807) is 0 Å². The van der Waals surface area contributed by atoms with Crippen molar-refractivity contribution < 1.29 is 18.0 Å². The predicted octanol–water partition coefficient (Wildman–Crippen LogP) is 6.90. The van der Waals surface area contributed by atoms with Crippen molar-refractivity contribution >= 4 is 56.1 Å². The molecular formula is C25H15F3N2OS. The molecule has 0 unspecified atom stereocenters. The molecule has 0 saturated carbocycles. The van der Waals surface area contributed by atoms with E-state index in [4.69, 9.17) is 0 Å². The molecule has 1 N–H and O–H groups in total. The zero-order valence-corrected chi connectivity index (χ0v) is 17.3. The summed E-state index contributed by atoms with van der Waals surface area (Å²) in [7, 11) is 0. The van der Waals surface area contributed by atoms with E-state index in [0.29, 0.717) is 4.91 Å². The highest BCUT2D eigenvalue weighted by molar-refractivity contribution is 8.18. The molecule has 158 valence electrons. The molecule has 0 aromatic heterocycles. The third-order valence-electron chi connectivity index (χ3n) is 5.14. The first kappa shape index (κ1) is 20.3. The van der Waals surface area contributed by atoms with E-state index in [0.717, 1.165) is 51.0 Å². The number of thioether (sulfide) groups is 1. The lowest BCUT2D eigenvalue weighted by molar-refractivity contribution is -0.137. The average molecular weight is 448 g/mol. The van der Waals surface area contributed by atoms with Crippen LogP contribution in [-0.4, -0.2) is 11.1 Å². The van der Waals surface area contributed by atoms with E-state index in [2.05, 4.69) is 16.4 Å². The van der Waals surface area contributed by atoms with Crippen LogP contribution in [0.4, 0.5) is 18.9 Å². The van der Waals surface area contributed by atoms with Gasteiger partial charge in [0.1, 0.15) is 0 Å². The maximum Gasteiger partial charge on any atom is 0.416 e. The van der Waals surface area contributed by atoms with E-state index in [1.165, 1.54) is 12.1 Å². The highest BCUT2D eigenvalue weighted by Gasteiger charge is 2.30. The minimum atomic E-state index is -4.46. The van der Waals surface area contributed by atoms with Crippen molar-refractivity contribution in [1.29, 1.82) is 0 Å². The van der Waals surface area contributed by atoms with Crippen molar-refractivity contribution in [1.82, 2.24) is 5.32 Å². The van der Waals surface area contributed by atoms with Gasteiger partial charge in [0.25, 0.3) is 5.91 Å². The van der Waals surface area contributed by atoms with E-state index in [-0.39, 0.29) is 16.8 Å². The number of nitrogens with one attached hydrogen (secondary N) is 1. The molecule has 32 heavy (non-hydrogen) atoms. The molecule has 5 rings (SSSR count). The van der Waals surface area contributed by atoms with E-state index >= 15 is 0 Å². The summed E-state index contributed by atoms with van der Waals surface area (Å²) in [6.45, 7) is 0. The van der Waals surface area contributed by atoms with Crippen LogP contribution in [0.1, 0.15) is 11.1 Å². The number of hydrogen-bond acceptors (Lipinski definition) is 3. The minimum Gasteiger partial charge on any atom is -0.300 e. The Labute approximate surface area is 185 Å². The summed E-state index contributed by atoms with van der Waals surface area (Å²) >= 11 is 1.11. The van der Waals surface area contributed by atoms with Gasteiger partial charge in [-0.05, 0) is 69.2 Å². The summed E-state index contributed by atoms with van der Waals surface area (Å²) in [4.78, 5) is 17.3. The summed E-state index contributed by atoms with van der Waals surface area (Å²) in [5, 5.41) is 7.02. The fraction of sp³-hybridized carbons (Fsp3) is 0.0400. The van der Waals surface area contributed by atoms with Crippen molar-refractivity contribution in [3.05, 3.63) is 94.9 Å². The third-order valence-corrected chi connectivity index (χ3v) is 6.05. The number of aliphatic imine (C=N–C) groups is 1. The molecular weight excluding hydrogens is 433 g/mol. The van der Waals surface area contributed by atoms with Crippen LogP contribution in [0, 0.1) is 0 Å². The zero-order valence-electron chi connectivity index (χ0n) is 16.5. The summed E-state index contributed by atoms with van der Waals surface area (Å²) < 4.78 is 38.9. The molecule has 1 aliphatic heterocycles. The quantitative estimate of drug-likeness (QED) is 0.268. The molecule has 0 atom stereocenters. The van der Waals surface area contributed by atoms with Crippen LogP contribution in [-0.2, 0) is 11.0 Å². The molecule has 1 fully saturated rings. The normalized spacial score (nSPS) is 16.9. The maximum atomic E-state index is 13.0. The lowest BCUT2D eigenvalue weighted by atomic mass is 9.96. The Kier molecular flexibility index (Phi) is 4.98. The van der Waals surface area contributed by atoms with Gasteiger partial charge < -0.3 is 5.32 Å². The van der Waals surface area contributed by atoms with Crippen molar-refractivity contribution in [2.75, 3.05) is 0 Å². The number of alkyl halides is 3. The number of halogens is 3. The van der Waals surface area contributed by atoms with Crippen LogP contribution in [0.2, 0.25) is 0 Å². The summed E-state index contributed by atoms with van der Waals surface area (Å²) in [5.41, 5.74) is 0.253. The predicted molar refractivity (Wildman–Crippen MR) is 124 cm³/mol. The van der Waals surface area contributed by atoms with Gasteiger partial charge in [0.2, 0.25) is 0 Å². The number of carbonyl (C=O) groups excluding carboxylic acids is 1. The molecule has 1 heterocycles. The number of rotatable bonds is 2. The Bertz CT molecular complexity index is 1390. The van der Waals surface area contributed by atoms with Crippen LogP contribution < -0.4 is 5.32 Å². The molecule has 1 aliphatic rings. The topological polar surface area (TPSA) is 41.5 Å². The molecule has 0 spiro atoms. The van der Waals surface area contributed by atoms with Crippen molar-refractivity contribution in [3.63, 3.8) is 0 Å². The second-order valence-electron chi connectivity index (χ2n) is 7.26. The van der Waals surface area contributed by atoms with Gasteiger partial charge in [0.15, 0.2) is 5.17 Å². The number of nitrogens with zero attached hydrogens (tertiary/aromatic N) is 1. The number of carbonyl (C=O) groups is 1. The Morgan fingerprint density at radius 1 is 0.844 bits per heavy atom. The average Bonchev–Trinajstić information content (AvgIpc) is 3.11. The fourth-order valence-corrected chi connectivity index (χ4v) is 4.51. The third kappa shape index (κ3) is 3.87. The van der Waals surface area contributed by atoms with Crippen molar-refractivity contribution in [2.45, 2.75) is 6.18 Å². The van der Waals surface area contributed by atoms with Gasteiger partial charge in [-0.1, -0.05) is 54.6 Å². The second kappa shape index (κ2) is 7.84. The highest BCUT2D eigenvalue weighted by atomic mass is 32.2. The molecule has 7 heteroatoms. The molecule has 0 radical (unpaired) electrons. The molecule has 4 aromatic rings. The van der Waals surface area contributed by atoms with Gasteiger partial charge in [0.05, 0.1) is 16.2 Å². The van der Waals surface area contributed by atoms with E-state index < -0.39 is 11.7 Å². The number of benzene rings is 4. The smallest absolute Gasteiger partial charge is 0.300 e. The number of amides is 1. The molecule has 4 aromatic carbocycles. The van der Waals surface area contributed by atoms with Gasteiger partial charge in [-0.25, -0.2) is 4.99 Å². The maximum absolute atomic E-state index is 13.0. The molecule has 0 aliphatic carbocycles. The monoisotopic (exact) mass is 448 g/mol. The van der Waals surface area contributed by atoms with Crippen LogP contribution in [0.15, 0.2) is 88.8 Å². The van der Waals surface area contributed by atoms with E-state index in [9.17, 15) is 18.0 Å². The Balaban J connectivity index is 1.56. The van der Waals surface area contributed by atoms with Crippen LogP contribution in [0.25, 0.3) is 27.6 Å². The molecule has 3 nitrogen and oxygen atoms in total. The Hall–Kier alpha value is -3.58. The van der Waals surface area contributed by atoms with Crippen LogP contribution in [0.3, 0.4) is 0 Å². The summed E-state index contributed by atoms with van der Waals surface area (Å²) in [6, 6.07) is 22.7. The summed E-state index contributed by atoms with van der Waals surface area (Å²) in [6.07, 6.45) is -2.64. The number of amidine groups is 1. The minimum absolute atomic E-state index is 0.125. The molecule has 1 amide bonds. The van der Waals surface area contributed by atoms with Crippen molar-refractivity contribution in [3.8, 4) is 0 Å². The lowest BCUT2D eigenvalue weighted by Crippen LogP contribution is -2.19. The largest absolute Gasteiger partial charge is 0.416 e. The van der Waals surface area contributed by atoms with Crippen LogP contribution in [0.5, 0.6) is 0 Å². The SMILES string of the molecule is O=C1NC(=Nc2cccc(C(F)(F)F)c2)SC1=Cc1c2ccccc2cc2ccccc12. The first-order valence-corrected chi connectivity index (χ1v) is 10.6. The first-order chi connectivity index (χ1) is 15.4. The summed E-state index contributed by atoms with van der Waals surface area (Å²) in [5.74, 6) is -0.335. The zero-order chi connectivity index (χ0) is 22.3. The van der Waals surface area contributed by atoms with Gasteiger partial charge in [-0.2, -0.15) is 13.2 Å². The van der Waals surface area contributed by atoms with E-state index in [1.807, 2.05) is 54.6 Å². The number of fused-ring (bicyclic) bond motifs is 2. The van der Waals surface area contributed by atoms with Gasteiger partial charge >= 0.3 is 6.18 Å². The standard InChI is InChI=1S/C25H15F3N2OS/c26-25(27,28)17-8-5-9-18(13-17)29-24-30-23(31)22(32-24)14-21-19-10-3-1-6-15(19)12-16-7-2-4-11-20(16)21/h1-14H,(H,29,30,31). The Morgan fingerprint density at radius 3 is 2.16 bits per heavy atom. The lowest BCUT2D eigenvalue weighted by Gasteiger charge is -2.08. The van der Waals surface area contributed by atoms with Gasteiger partial charge in [-0.15, -0.1) is 0 Å². The Morgan fingerprint density at radius 2 is 1.50 bits per heavy atom. The van der Waals surface area contributed by atoms with Gasteiger partial charge in [0, 0.05) is 0 Å². The molecule has 0 bridgehead atoms. The highest BCUT2D eigenvalue weighted by Crippen LogP contribution is 2.35.